The summed E-state index contributed by atoms with van der Waals surface area (Å²) in [7, 11) is 3.23. The fourth-order valence-corrected chi connectivity index (χ4v) is 4.32. The van der Waals surface area contributed by atoms with Crippen LogP contribution in [0.25, 0.3) is 10.6 Å². The zero-order valence-electron chi connectivity index (χ0n) is 15.6. The molecular formula is C20H26N2O3S. The first-order valence-corrected chi connectivity index (χ1v) is 9.93. The number of carbonyl (C=O) groups is 1. The van der Waals surface area contributed by atoms with E-state index in [1.807, 2.05) is 23.6 Å². The van der Waals surface area contributed by atoms with Crippen molar-refractivity contribution in [3.8, 4) is 22.1 Å². The highest BCUT2D eigenvalue weighted by molar-refractivity contribution is 7.13. The lowest BCUT2D eigenvalue weighted by atomic mass is 9.87. The highest BCUT2D eigenvalue weighted by atomic mass is 32.1. The van der Waals surface area contributed by atoms with Crippen LogP contribution in [0.4, 0.5) is 0 Å². The van der Waals surface area contributed by atoms with E-state index in [2.05, 4.69) is 17.2 Å². The van der Waals surface area contributed by atoms with E-state index in [4.69, 9.17) is 9.47 Å². The van der Waals surface area contributed by atoms with E-state index in [0.717, 1.165) is 29.1 Å². The molecule has 1 N–H and O–H groups in total. The van der Waals surface area contributed by atoms with E-state index in [0.29, 0.717) is 29.9 Å². The number of hydrogen-bond donors (Lipinski definition) is 1. The fraction of sp³-hybridized carbons (Fsp3) is 0.500. The van der Waals surface area contributed by atoms with Crippen LogP contribution in [0.1, 0.15) is 38.3 Å². The number of rotatable bonds is 6. The van der Waals surface area contributed by atoms with Gasteiger partial charge in [0, 0.05) is 17.0 Å². The van der Waals surface area contributed by atoms with Crippen molar-refractivity contribution in [2.75, 3.05) is 14.2 Å². The number of benzene rings is 1. The third-order valence-electron chi connectivity index (χ3n) is 4.83. The monoisotopic (exact) mass is 374 g/mol. The highest BCUT2D eigenvalue weighted by Gasteiger charge is 2.21. The van der Waals surface area contributed by atoms with Crippen molar-refractivity contribution in [3.05, 3.63) is 29.3 Å². The van der Waals surface area contributed by atoms with Crippen molar-refractivity contribution in [3.63, 3.8) is 0 Å². The Morgan fingerprint density at radius 2 is 2.08 bits per heavy atom. The summed E-state index contributed by atoms with van der Waals surface area (Å²) in [6, 6.07) is 6.04. The Morgan fingerprint density at radius 1 is 1.27 bits per heavy atom. The minimum absolute atomic E-state index is 0.0632. The first-order chi connectivity index (χ1) is 12.6. The zero-order valence-corrected chi connectivity index (χ0v) is 16.4. The van der Waals surface area contributed by atoms with Crippen LogP contribution >= 0.6 is 11.3 Å². The summed E-state index contributed by atoms with van der Waals surface area (Å²) in [6.07, 6.45) is 4.97. The van der Waals surface area contributed by atoms with E-state index < -0.39 is 0 Å². The van der Waals surface area contributed by atoms with Gasteiger partial charge in [-0.2, -0.15) is 0 Å². The Kier molecular flexibility index (Phi) is 6.14. The zero-order chi connectivity index (χ0) is 18.5. The summed E-state index contributed by atoms with van der Waals surface area (Å²) in [5.41, 5.74) is 1.77. The first-order valence-electron chi connectivity index (χ1n) is 9.05. The van der Waals surface area contributed by atoms with Crippen LogP contribution in [0.3, 0.4) is 0 Å². The highest BCUT2D eigenvalue weighted by Crippen LogP contribution is 2.33. The second-order valence-electron chi connectivity index (χ2n) is 6.93. The topological polar surface area (TPSA) is 60.5 Å². The predicted octanol–water partition coefficient (Wildman–Crippen LogP) is 4.06. The number of hydrogen-bond acceptors (Lipinski definition) is 5. The number of carbonyl (C=O) groups excluding carboxylic acids is 1. The quantitative estimate of drug-likeness (QED) is 0.828. The summed E-state index contributed by atoms with van der Waals surface area (Å²) < 4.78 is 10.6. The van der Waals surface area contributed by atoms with Gasteiger partial charge >= 0.3 is 0 Å². The molecule has 0 bridgehead atoms. The van der Waals surface area contributed by atoms with Crippen LogP contribution in [-0.4, -0.2) is 31.2 Å². The molecule has 0 saturated heterocycles. The molecule has 1 saturated carbocycles. The van der Waals surface area contributed by atoms with Gasteiger partial charge in [0.15, 0.2) is 11.5 Å². The molecule has 140 valence electrons. The molecule has 0 radical (unpaired) electrons. The molecule has 1 aromatic carbocycles. The third kappa shape index (κ3) is 4.55. The number of nitrogens with zero attached hydrogens (tertiary/aromatic N) is 1. The number of aromatic nitrogens is 1. The molecule has 3 rings (SSSR count). The average molecular weight is 375 g/mol. The molecule has 6 heteroatoms. The standard InChI is InChI=1S/C20H26N2O3S/c1-13-5-4-6-15(9-13)21-19(23)11-16-12-26-20(22-16)14-7-8-17(24-2)18(10-14)25-3/h7-8,10,12-13,15H,4-6,9,11H2,1-3H3,(H,21,23). The van der Waals surface area contributed by atoms with Gasteiger partial charge in [0.1, 0.15) is 5.01 Å². The van der Waals surface area contributed by atoms with Crippen molar-refractivity contribution in [2.45, 2.75) is 45.1 Å². The lowest BCUT2D eigenvalue weighted by Crippen LogP contribution is -2.38. The van der Waals surface area contributed by atoms with E-state index in [1.165, 1.54) is 24.2 Å². The molecule has 1 aliphatic carbocycles. The Morgan fingerprint density at radius 3 is 2.81 bits per heavy atom. The molecular weight excluding hydrogens is 348 g/mol. The van der Waals surface area contributed by atoms with Gasteiger partial charge in [-0.15, -0.1) is 11.3 Å². The fourth-order valence-electron chi connectivity index (χ4n) is 3.50. The van der Waals surface area contributed by atoms with Gasteiger partial charge in [0.2, 0.25) is 5.91 Å². The summed E-state index contributed by atoms with van der Waals surface area (Å²) in [6.45, 7) is 2.26. The molecule has 0 spiro atoms. The van der Waals surface area contributed by atoms with Gasteiger partial charge in [-0.25, -0.2) is 4.98 Å². The van der Waals surface area contributed by atoms with E-state index >= 15 is 0 Å². The average Bonchev–Trinajstić information content (AvgIpc) is 3.09. The molecule has 2 atom stereocenters. The molecule has 26 heavy (non-hydrogen) atoms. The van der Waals surface area contributed by atoms with Gasteiger partial charge in [-0.3, -0.25) is 4.79 Å². The molecule has 2 unspecified atom stereocenters. The summed E-state index contributed by atoms with van der Waals surface area (Å²) in [5, 5.41) is 6.00. The third-order valence-corrected chi connectivity index (χ3v) is 5.77. The van der Waals surface area contributed by atoms with Crippen LogP contribution in [0, 0.1) is 5.92 Å². The summed E-state index contributed by atoms with van der Waals surface area (Å²) in [5.74, 6) is 2.12. The normalized spacial score (nSPS) is 19.8. The largest absolute Gasteiger partial charge is 0.493 e. The van der Waals surface area contributed by atoms with Gasteiger partial charge < -0.3 is 14.8 Å². The predicted molar refractivity (Wildman–Crippen MR) is 104 cm³/mol. The van der Waals surface area contributed by atoms with Crippen molar-refractivity contribution in [1.29, 1.82) is 0 Å². The molecule has 1 amide bonds. The Labute approximate surface area is 158 Å². The lowest BCUT2D eigenvalue weighted by Gasteiger charge is -2.27. The van der Waals surface area contributed by atoms with E-state index in [-0.39, 0.29) is 5.91 Å². The minimum atomic E-state index is 0.0632. The maximum Gasteiger partial charge on any atom is 0.226 e. The minimum Gasteiger partial charge on any atom is -0.493 e. The van der Waals surface area contributed by atoms with Crippen molar-refractivity contribution in [1.82, 2.24) is 10.3 Å². The number of nitrogens with one attached hydrogen (secondary N) is 1. The van der Waals surface area contributed by atoms with E-state index in [1.54, 1.807) is 14.2 Å². The molecule has 1 aromatic heterocycles. The second-order valence-corrected chi connectivity index (χ2v) is 7.78. The van der Waals surface area contributed by atoms with Crippen LogP contribution in [-0.2, 0) is 11.2 Å². The van der Waals surface area contributed by atoms with Crippen LogP contribution in [0.5, 0.6) is 11.5 Å². The summed E-state index contributed by atoms with van der Waals surface area (Å²) in [4.78, 5) is 17.0. The molecule has 5 nitrogen and oxygen atoms in total. The maximum absolute atomic E-state index is 12.3. The Bertz CT molecular complexity index is 759. The molecule has 1 heterocycles. The first kappa shape index (κ1) is 18.7. The SMILES string of the molecule is COc1ccc(-c2nc(CC(=O)NC3CCCC(C)C3)cs2)cc1OC. The van der Waals surface area contributed by atoms with Crippen molar-refractivity contribution < 1.29 is 14.3 Å². The Balaban J connectivity index is 1.63. The van der Waals surface area contributed by atoms with Gasteiger partial charge in [-0.05, 0) is 37.0 Å². The smallest absolute Gasteiger partial charge is 0.226 e. The number of amides is 1. The molecule has 1 fully saturated rings. The van der Waals surface area contributed by atoms with Gasteiger partial charge in [0.05, 0.1) is 26.3 Å². The lowest BCUT2D eigenvalue weighted by molar-refractivity contribution is -0.121. The molecule has 1 aliphatic rings. The number of methoxy groups -OCH3 is 2. The van der Waals surface area contributed by atoms with E-state index in [9.17, 15) is 4.79 Å². The number of ether oxygens (including phenoxy) is 2. The second kappa shape index (κ2) is 8.54. The van der Waals surface area contributed by atoms with Crippen molar-refractivity contribution in [2.24, 2.45) is 5.92 Å². The summed E-state index contributed by atoms with van der Waals surface area (Å²) >= 11 is 1.54. The molecule has 2 aromatic rings. The number of thiazole rings is 1. The Hall–Kier alpha value is -2.08. The van der Waals surface area contributed by atoms with Gasteiger partial charge in [0.25, 0.3) is 0 Å². The maximum atomic E-state index is 12.3. The molecule has 0 aliphatic heterocycles. The van der Waals surface area contributed by atoms with Crippen LogP contribution < -0.4 is 14.8 Å². The van der Waals surface area contributed by atoms with Crippen LogP contribution in [0.2, 0.25) is 0 Å². The van der Waals surface area contributed by atoms with Crippen LogP contribution in [0.15, 0.2) is 23.6 Å². The van der Waals surface area contributed by atoms with Gasteiger partial charge in [-0.1, -0.05) is 19.8 Å². The van der Waals surface area contributed by atoms with Crippen molar-refractivity contribution >= 4 is 17.2 Å².